The molecule has 2 atom stereocenters. The number of hydrogen-bond donors (Lipinski definition) is 4. The van der Waals surface area contributed by atoms with E-state index < -0.39 is 53.1 Å². The molecule has 1 aromatic carbocycles. The van der Waals surface area contributed by atoms with Crippen molar-refractivity contribution in [2.24, 2.45) is 5.73 Å². The van der Waals surface area contributed by atoms with Crippen LogP contribution in [0.3, 0.4) is 0 Å². The Morgan fingerprint density at radius 1 is 1.53 bits per heavy atom. The maximum atomic E-state index is 11.2. The molecule has 1 aromatic rings. The van der Waals surface area contributed by atoms with Crippen LogP contribution in [0.1, 0.15) is 24.1 Å². The molecule has 0 saturated carbocycles. The summed E-state index contributed by atoms with van der Waals surface area (Å²) in [6.45, 7) is 0.950. The Bertz CT molecular complexity index is 518. The first-order valence-electron chi connectivity index (χ1n) is 6.03. The third-order valence-electron chi connectivity index (χ3n) is 1.77. The Hall–Kier alpha value is -1.59. The van der Waals surface area contributed by atoms with Crippen molar-refractivity contribution in [2.75, 3.05) is 0 Å². The Morgan fingerprint density at radius 2 is 2.13 bits per heavy atom. The summed E-state index contributed by atoms with van der Waals surface area (Å²) in [6.07, 6.45) is -2.08. The van der Waals surface area contributed by atoms with Gasteiger partial charge in [-0.15, -0.1) is 0 Å². The number of benzene rings is 1. The standard InChI is InChI=1S/C10H13NO4/c1-5(12)9(11)10(15)6-2-3-7(13)8(14)4-6/h2-4,9-10,13-15H,11H2,1H3/t9-,10+/m1/s1/i2D,3D,4D,9D. The van der Waals surface area contributed by atoms with E-state index in [9.17, 15) is 20.1 Å². The summed E-state index contributed by atoms with van der Waals surface area (Å²) in [5, 5.41) is 28.6. The van der Waals surface area contributed by atoms with Crippen LogP contribution in [0.15, 0.2) is 18.1 Å². The molecular weight excluding hydrogens is 198 g/mol. The van der Waals surface area contributed by atoms with Crippen molar-refractivity contribution < 1.29 is 25.6 Å². The highest BCUT2D eigenvalue weighted by molar-refractivity contribution is 5.82. The van der Waals surface area contributed by atoms with Gasteiger partial charge in [-0.05, 0) is 24.6 Å². The Labute approximate surface area is 92.4 Å². The van der Waals surface area contributed by atoms with Crippen LogP contribution in [-0.2, 0) is 4.79 Å². The minimum atomic E-state index is -2.53. The molecule has 0 saturated heterocycles. The molecule has 5 heteroatoms. The van der Waals surface area contributed by atoms with Gasteiger partial charge < -0.3 is 21.1 Å². The smallest absolute Gasteiger partial charge is 0.157 e. The fourth-order valence-corrected chi connectivity index (χ4v) is 0.889. The number of phenolic OH excluding ortho intramolecular Hbond substituents is 2. The zero-order valence-electron chi connectivity index (χ0n) is 11.9. The summed E-state index contributed by atoms with van der Waals surface area (Å²) >= 11 is 0. The third-order valence-corrected chi connectivity index (χ3v) is 1.77. The van der Waals surface area contributed by atoms with Crippen molar-refractivity contribution in [1.29, 1.82) is 0 Å². The lowest BCUT2D eigenvalue weighted by Gasteiger charge is -2.16. The highest BCUT2D eigenvalue weighted by Crippen LogP contribution is 2.28. The van der Waals surface area contributed by atoms with Gasteiger partial charge in [-0.3, -0.25) is 4.79 Å². The van der Waals surface area contributed by atoms with E-state index >= 15 is 0 Å². The van der Waals surface area contributed by atoms with Gasteiger partial charge in [-0.2, -0.15) is 0 Å². The SMILES string of the molecule is [2H]c1c([2H])c([C@H](O)[C@]([2H])(N)C(C)=O)c([2H])c(O)c1O. The van der Waals surface area contributed by atoms with E-state index in [1.54, 1.807) is 0 Å². The van der Waals surface area contributed by atoms with E-state index in [2.05, 4.69) is 0 Å². The molecule has 5 nitrogen and oxygen atoms in total. The number of aromatic hydroxyl groups is 2. The highest BCUT2D eigenvalue weighted by atomic mass is 16.3. The molecule has 15 heavy (non-hydrogen) atoms. The molecule has 0 aromatic heterocycles. The number of nitrogens with two attached hydrogens (primary N) is 1. The van der Waals surface area contributed by atoms with Gasteiger partial charge in [0.2, 0.25) is 0 Å². The lowest BCUT2D eigenvalue weighted by Crippen LogP contribution is -2.35. The third kappa shape index (κ3) is 2.45. The van der Waals surface area contributed by atoms with Crippen LogP contribution in [0.4, 0.5) is 0 Å². The molecule has 5 N–H and O–H groups in total. The zero-order valence-corrected chi connectivity index (χ0v) is 7.90. The summed E-state index contributed by atoms with van der Waals surface area (Å²) in [5.74, 6) is -2.92. The van der Waals surface area contributed by atoms with Gasteiger partial charge in [0, 0.05) is 0 Å². The van der Waals surface area contributed by atoms with Crippen LogP contribution < -0.4 is 5.73 Å². The molecule has 0 unspecified atom stereocenters. The molecule has 0 aliphatic rings. The van der Waals surface area contributed by atoms with Crippen LogP contribution in [0.25, 0.3) is 0 Å². The molecule has 0 spiro atoms. The van der Waals surface area contributed by atoms with E-state index in [1.807, 2.05) is 0 Å². The number of carbonyl (C=O) groups excluding carboxylic acids is 1. The molecular formula is C10H13NO4. The molecule has 0 heterocycles. The lowest BCUT2D eigenvalue weighted by atomic mass is 10.00. The van der Waals surface area contributed by atoms with Crippen LogP contribution in [0.5, 0.6) is 11.5 Å². The zero-order chi connectivity index (χ0) is 15.1. The predicted molar refractivity (Wildman–Crippen MR) is 53.4 cm³/mol. The minimum Gasteiger partial charge on any atom is -0.504 e. The topological polar surface area (TPSA) is 104 Å². The molecule has 82 valence electrons. The van der Waals surface area contributed by atoms with E-state index in [4.69, 9.17) is 11.2 Å². The van der Waals surface area contributed by atoms with Gasteiger partial charge in [-0.25, -0.2) is 0 Å². The highest BCUT2D eigenvalue weighted by Gasteiger charge is 2.21. The monoisotopic (exact) mass is 215 g/mol. The van der Waals surface area contributed by atoms with Crippen LogP contribution in [0.2, 0.25) is 0 Å². The van der Waals surface area contributed by atoms with Gasteiger partial charge in [0.15, 0.2) is 11.5 Å². The second-order valence-corrected chi connectivity index (χ2v) is 2.90. The molecule has 0 amide bonds. The largest absolute Gasteiger partial charge is 0.504 e. The first-order chi connectivity index (χ1) is 8.53. The summed E-state index contributed by atoms with van der Waals surface area (Å²) in [7, 11) is 0. The minimum absolute atomic E-state index is 0.659. The predicted octanol–water partition coefficient (Wildman–Crippen LogP) is 0.0475. The van der Waals surface area contributed by atoms with Gasteiger partial charge in [0.1, 0.15) is 11.9 Å². The quantitative estimate of drug-likeness (QED) is 0.533. The Kier molecular flexibility index (Phi) is 1.95. The van der Waals surface area contributed by atoms with Crippen LogP contribution >= 0.6 is 0 Å². The van der Waals surface area contributed by atoms with Crippen LogP contribution in [0, 0.1) is 0 Å². The van der Waals surface area contributed by atoms with E-state index in [0.717, 1.165) is 6.92 Å². The van der Waals surface area contributed by atoms with E-state index in [0.29, 0.717) is 0 Å². The summed E-state index contributed by atoms with van der Waals surface area (Å²) < 4.78 is 29.9. The number of carbonyl (C=O) groups is 1. The fraction of sp³-hybridized carbons (Fsp3) is 0.300. The van der Waals surface area contributed by atoms with Crippen molar-refractivity contribution in [3.8, 4) is 11.5 Å². The van der Waals surface area contributed by atoms with Crippen molar-refractivity contribution in [3.63, 3.8) is 0 Å². The Morgan fingerprint density at radius 3 is 2.67 bits per heavy atom. The Balaban J connectivity index is 3.57. The maximum Gasteiger partial charge on any atom is 0.157 e. The van der Waals surface area contributed by atoms with Gasteiger partial charge in [-0.1, -0.05) is 6.04 Å². The molecule has 1 rings (SSSR count). The van der Waals surface area contributed by atoms with Gasteiger partial charge >= 0.3 is 0 Å². The number of phenols is 2. The summed E-state index contributed by atoms with van der Waals surface area (Å²) in [5.41, 5.74) is 4.65. The number of hydrogen-bond acceptors (Lipinski definition) is 5. The molecule has 0 aliphatic heterocycles. The molecule has 0 fully saturated rings. The van der Waals surface area contributed by atoms with Crippen LogP contribution in [-0.4, -0.2) is 27.1 Å². The number of Topliss-reactive ketones (excluding diaryl/α,β-unsaturated/α-hetero) is 1. The number of rotatable bonds is 3. The second kappa shape index (κ2) is 4.29. The second-order valence-electron chi connectivity index (χ2n) is 2.90. The fourth-order valence-electron chi connectivity index (χ4n) is 0.889. The van der Waals surface area contributed by atoms with Crippen molar-refractivity contribution in [1.82, 2.24) is 0 Å². The van der Waals surface area contributed by atoms with Gasteiger partial charge in [0.05, 0.1) is 11.5 Å². The van der Waals surface area contributed by atoms with E-state index in [-0.39, 0.29) is 0 Å². The number of aliphatic hydroxyl groups is 1. The normalized spacial score (nSPS) is 20.5. The average Bonchev–Trinajstić information content (AvgIpc) is 2.33. The maximum absolute atomic E-state index is 11.2. The first kappa shape index (κ1) is 6.81. The van der Waals surface area contributed by atoms with Crippen molar-refractivity contribution in [3.05, 3.63) is 23.7 Å². The van der Waals surface area contributed by atoms with E-state index in [1.165, 1.54) is 0 Å². The molecule has 0 radical (unpaired) electrons. The summed E-state index contributed by atoms with van der Waals surface area (Å²) in [4.78, 5) is 11.2. The lowest BCUT2D eigenvalue weighted by molar-refractivity contribution is -0.120. The molecule has 0 aliphatic carbocycles. The van der Waals surface area contributed by atoms with Crippen molar-refractivity contribution >= 4 is 5.78 Å². The number of ketones is 1. The average molecular weight is 215 g/mol. The van der Waals surface area contributed by atoms with Gasteiger partial charge in [0.25, 0.3) is 0 Å². The summed E-state index contributed by atoms with van der Waals surface area (Å²) in [6, 6.07) is -4.99. The first-order valence-corrected chi connectivity index (χ1v) is 4.03. The molecule has 0 bridgehead atoms. The van der Waals surface area contributed by atoms with Crippen molar-refractivity contribution in [2.45, 2.75) is 19.0 Å². The number of aliphatic hydroxyl groups excluding tert-OH is 1.